The van der Waals surface area contributed by atoms with E-state index in [0.29, 0.717) is 6.42 Å². The molecule has 0 aromatic heterocycles. The lowest BCUT2D eigenvalue weighted by atomic mass is 9.96. The molecule has 10 atom stereocenters. The number of carboxylic acid groups (broad SMARTS) is 3. The molecule has 0 aliphatic rings. The van der Waals surface area contributed by atoms with Gasteiger partial charge in [-0.15, -0.1) is 0 Å². The van der Waals surface area contributed by atoms with Crippen molar-refractivity contribution >= 4 is 71.1 Å². The van der Waals surface area contributed by atoms with Crippen molar-refractivity contribution in [2.45, 2.75) is 142 Å². The first-order valence-electron chi connectivity index (χ1n) is 20.9. The summed E-state index contributed by atoms with van der Waals surface area (Å²) in [6.07, 6.45) is -2.04. The Morgan fingerprint density at radius 2 is 0.969 bits per heavy atom. The Kier molecular flexibility index (Phi) is 26.2. The van der Waals surface area contributed by atoms with Crippen LogP contribution in [0, 0.1) is 17.8 Å². The van der Waals surface area contributed by atoms with Crippen LogP contribution in [-0.4, -0.2) is 153 Å². The molecule has 0 spiro atoms. The molecule has 0 bridgehead atoms. The molecule has 0 rings (SSSR count). The summed E-state index contributed by atoms with van der Waals surface area (Å²) in [6, 6.07) is -11.7. The van der Waals surface area contributed by atoms with Crippen LogP contribution in [0.25, 0.3) is 0 Å². The maximum Gasteiger partial charge on any atom is 0.325 e. The van der Waals surface area contributed by atoms with E-state index in [2.05, 4.69) is 42.5 Å². The normalized spacial score (nSPS) is 15.6. The molecule has 0 aromatic carbocycles. The molecule has 16 N–H and O–H groups in total. The Hall–Kier alpha value is -6.44. The molecule has 10 unspecified atom stereocenters. The molecule has 0 aliphatic carbocycles. The van der Waals surface area contributed by atoms with Crippen LogP contribution < -0.4 is 54.0 Å². The van der Waals surface area contributed by atoms with Crippen molar-refractivity contribution in [3.8, 4) is 0 Å². The van der Waals surface area contributed by atoms with E-state index in [1.165, 1.54) is 0 Å². The topological polar surface area (TPSA) is 434 Å². The van der Waals surface area contributed by atoms with Crippen molar-refractivity contribution in [2.24, 2.45) is 29.2 Å². The van der Waals surface area contributed by atoms with Crippen LogP contribution >= 0.6 is 0 Å². The number of hydrogen-bond acceptors (Lipinski definition) is 14. The van der Waals surface area contributed by atoms with Crippen LogP contribution in [0.5, 0.6) is 0 Å². The number of aliphatic hydroxyl groups excluding tert-OH is 1. The first-order valence-corrected chi connectivity index (χ1v) is 20.9. The summed E-state index contributed by atoms with van der Waals surface area (Å²) in [5.74, 6) is -14.6. The monoisotopic (exact) mass is 930 g/mol. The molecule has 0 saturated heterocycles. The number of rotatable bonds is 31. The Morgan fingerprint density at radius 3 is 1.43 bits per heavy atom. The molecule has 9 amide bonds. The fourth-order valence-corrected chi connectivity index (χ4v) is 5.70. The second-order valence-corrected chi connectivity index (χ2v) is 15.8. The second-order valence-electron chi connectivity index (χ2n) is 15.8. The summed E-state index contributed by atoms with van der Waals surface area (Å²) in [5, 5.41) is 55.7. The van der Waals surface area contributed by atoms with E-state index in [4.69, 9.17) is 21.7 Å². The molecule has 26 nitrogen and oxygen atoms in total. The number of nitrogens with two attached hydrogens (primary N) is 2. The van der Waals surface area contributed by atoms with Crippen LogP contribution in [0.1, 0.15) is 93.4 Å². The van der Waals surface area contributed by atoms with E-state index in [1.54, 1.807) is 41.5 Å². The van der Waals surface area contributed by atoms with Gasteiger partial charge in [0.15, 0.2) is 0 Å². The quantitative estimate of drug-likeness (QED) is 0.0310. The van der Waals surface area contributed by atoms with E-state index >= 15 is 0 Å². The summed E-state index contributed by atoms with van der Waals surface area (Å²) in [6.45, 7) is 9.00. The van der Waals surface area contributed by atoms with Crippen molar-refractivity contribution < 1.29 is 78.0 Å². The smallest absolute Gasteiger partial charge is 0.325 e. The van der Waals surface area contributed by atoms with E-state index < -0.39 is 176 Å². The van der Waals surface area contributed by atoms with Gasteiger partial charge in [-0.2, -0.15) is 0 Å². The summed E-state index contributed by atoms with van der Waals surface area (Å²) in [4.78, 5) is 151. The lowest BCUT2D eigenvalue weighted by Crippen LogP contribution is -2.60. The number of hydrogen-bond donors (Lipinski definition) is 14. The lowest BCUT2D eigenvalue weighted by molar-refractivity contribution is -0.142. The number of primary amides is 1. The Bertz CT molecular complexity index is 1730. The Morgan fingerprint density at radius 1 is 0.523 bits per heavy atom. The van der Waals surface area contributed by atoms with Crippen molar-refractivity contribution in [1.82, 2.24) is 42.5 Å². The number of carbonyl (C=O) groups is 12. The van der Waals surface area contributed by atoms with Crippen molar-refractivity contribution in [3.05, 3.63) is 0 Å². The van der Waals surface area contributed by atoms with Crippen molar-refractivity contribution in [1.29, 1.82) is 0 Å². The van der Waals surface area contributed by atoms with E-state index in [0.717, 1.165) is 6.92 Å². The van der Waals surface area contributed by atoms with Gasteiger partial charge in [-0.25, -0.2) is 0 Å². The van der Waals surface area contributed by atoms with Crippen LogP contribution in [0.15, 0.2) is 0 Å². The van der Waals surface area contributed by atoms with Gasteiger partial charge in [0.2, 0.25) is 53.2 Å². The molecular weight excluding hydrogens is 864 g/mol. The highest BCUT2D eigenvalue weighted by atomic mass is 16.4. The zero-order valence-electron chi connectivity index (χ0n) is 37.6. The second kappa shape index (κ2) is 29.1. The van der Waals surface area contributed by atoms with E-state index in [1.807, 2.05) is 0 Å². The molecule has 26 heteroatoms. The maximum atomic E-state index is 13.6. The zero-order valence-corrected chi connectivity index (χ0v) is 37.6. The number of nitrogens with one attached hydrogen (secondary N) is 8. The first-order chi connectivity index (χ1) is 30.2. The van der Waals surface area contributed by atoms with Crippen LogP contribution in [0.3, 0.4) is 0 Å². The number of carboxylic acids is 3. The van der Waals surface area contributed by atoms with Crippen LogP contribution in [0.2, 0.25) is 0 Å². The van der Waals surface area contributed by atoms with Crippen LogP contribution in [0.4, 0.5) is 0 Å². The molecule has 0 aliphatic heterocycles. The average molecular weight is 931 g/mol. The molecular formula is C39H66N10O16. The molecule has 0 aromatic rings. The van der Waals surface area contributed by atoms with Gasteiger partial charge in [0.1, 0.15) is 42.3 Å². The highest BCUT2D eigenvalue weighted by Crippen LogP contribution is 2.13. The predicted octanol–water partition coefficient (Wildman–Crippen LogP) is -4.73. The minimum absolute atomic E-state index is 0.267. The SMILES string of the molecule is CCC(C)C(NC(=O)CNC(=O)C(CCC(N)=O)NC(=O)C(NC(=O)C(NC(=O)C(N)CC(=O)O)C(C)CC)C(C)C)C(=O)NC(CCC(=O)O)C(=O)NC(CO)C(=O)NC(C)C(=O)O. The third kappa shape index (κ3) is 21.7. The first kappa shape index (κ1) is 58.6. The number of amides is 9. The van der Waals surface area contributed by atoms with E-state index in [-0.39, 0.29) is 12.8 Å². The van der Waals surface area contributed by atoms with Crippen molar-refractivity contribution in [2.75, 3.05) is 13.2 Å². The minimum atomic E-state index is -1.70. The van der Waals surface area contributed by atoms with Crippen molar-refractivity contribution in [3.63, 3.8) is 0 Å². The van der Waals surface area contributed by atoms with Gasteiger partial charge in [0, 0.05) is 12.8 Å². The third-order valence-corrected chi connectivity index (χ3v) is 10.1. The molecule has 0 saturated carbocycles. The number of carbonyl (C=O) groups excluding carboxylic acids is 9. The van der Waals surface area contributed by atoms with Gasteiger partial charge in [0.05, 0.1) is 25.6 Å². The summed E-state index contributed by atoms with van der Waals surface area (Å²) in [7, 11) is 0. The number of aliphatic carboxylic acids is 3. The lowest BCUT2D eigenvalue weighted by Gasteiger charge is -2.29. The Labute approximate surface area is 375 Å². The van der Waals surface area contributed by atoms with E-state index in [9.17, 15) is 67.7 Å². The summed E-state index contributed by atoms with van der Waals surface area (Å²) < 4.78 is 0. The minimum Gasteiger partial charge on any atom is -0.481 e. The van der Waals surface area contributed by atoms with Gasteiger partial charge in [0.25, 0.3) is 0 Å². The Balaban J connectivity index is 6.16. The largest absolute Gasteiger partial charge is 0.481 e. The number of aliphatic hydroxyl groups is 1. The van der Waals surface area contributed by atoms with Gasteiger partial charge in [-0.3, -0.25) is 57.5 Å². The van der Waals surface area contributed by atoms with Gasteiger partial charge >= 0.3 is 17.9 Å². The fourth-order valence-electron chi connectivity index (χ4n) is 5.70. The molecule has 0 fully saturated rings. The standard InChI is InChI=1S/C39H66N10O16/c1-8-18(5)30(37(62)45-23(11-13-27(53)54)34(59)46-24(16-50)35(60)43-20(7)39(64)65)47-26(52)15-42-33(58)22(10-12-25(41)51)44-36(61)29(17(3)4)48-38(63)31(19(6)9-2)49-32(57)21(40)14-28(55)56/h17-24,29-31,50H,8-16,40H2,1-7H3,(H2,41,51)(H,42,58)(H,43,60)(H,44,61)(H,45,62)(H,46,59)(H,47,52)(H,48,63)(H,49,57)(H,53,54)(H,55,56)(H,64,65). The highest BCUT2D eigenvalue weighted by molar-refractivity contribution is 5.98. The highest BCUT2D eigenvalue weighted by Gasteiger charge is 2.36. The maximum absolute atomic E-state index is 13.6. The molecule has 368 valence electrons. The van der Waals surface area contributed by atoms with Gasteiger partial charge < -0.3 is 74.4 Å². The van der Waals surface area contributed by atoms with Gasteiger partial charge in [-0.05, 0) is 37.5 Å². The molecule has 65 heavy (non-hydrogen) atoms. The summed E-state index contributed by atoms with van der Waals surface area (Å²) in [5.41, 5.74) is 11.0. The fraction of sp³-hybridized carbons (Fsp3) is 0.692. The third-order valence-electron chi connectivity index (χ3n) is 10.1. The summed E-state index contributed by atoms with van der Waals surface area (Å²) >= 11 is 0. The zero-order chi connectivity index (χ0) is 50.3. The van der Waals surface area contributed by atoms with Crippen LogP contribution in [-0.2, 0) is 57.5 Å². The average Bonchev–Trinajstić information content (AvgIpc) is 3.22. The van der Waals surface area contributed by atoms with Gasteiger partial charge in [-0.1, -0.05) is 54.4 Å². The predicted molar refractivity (Wildman–Crippen MR) is 226 cm³/mol. The molecule has 0 heterocycles. The molecule has 0 radical (unpaired) electrons.